The second-order valence-electron chi connectivity index (χ2n) is 7.96. The van der Waals surface area contributed by atoms with Gasteiger partial charge in [-0.2, -0.15) is 4.98 Å². The summed E-state index contributed by atoms with van der Waals surface area (Å²) in [7, 11) is 1.93. The van der Waals surface area contributed by atoms with Crippen molar-refractivity contribution in [1.29, 1.82) is 0 Å². The van der Waals surface area contributed by atoms with Gasteiger partial charge in [0.25, 0.3) is 11.6 Å². The van der Waals surface area contributed by atoms with Gasteiger partial charge in [0.2, 0.25) is 0 Å². The molecule has 8 nitrogen and oxygen atoms in total. The summed E-state index contributed by atoms with van der Waals surface area (Å²) in [5, 5.41) is 4.13. The van der Waals surface area contributed by atoms with Crippen molar-refractivity contribution in [3.63, 3.8) is 0 Å². The van der Waals surface area contributed by atoms with Crippen molar-refractivity contribution in [2.75, 3.05) is 18.6 Å². The van der Waals surface area contributed by atoms with Gasteiger partial charge in [-0.05, 0) is 31.5 Å². The summed E-state index contributed by atoms with van der Waals surface area (Å²) in [4.78, 5) is 35.3. The maximum Gasteiger partial charge on any atom is 0.378 e. The molecule has 154 valence electrons. The number of carbonyl (C=O) groups is 2. The van der Waals surface area contributed by atoms with Crippen molar-refractivity contribution < 1.29 is 14.3 Å². The van der Waals surface area contributed by atoms with Gasteiger partial charge >= 0.3 is 5.97 Å². The molecular weight excluding hydrogens is 382 g/mol. The zero-order valence-electron chi connectivity index (χ0n) is 17.6. The summed E-state index contributed by atoms with van der Waals surface area (Å²) in [5.41, 5.74) is 4.32. The van der Waals surface area contributed by atoms with Gasteiger partial charge in [0.1, 0.15) is 0 Å². The van der Waals surface area contributed by atoms with Crippen molar-refractivity contribution in [1.82, 2.24) is 19.6 Å². The molecule has 30 heavy (non-hydrogen) atoms. The predicted molar refractivity (Wildman–Crippen MR) is 111 cm³/mol. The zero-order valence-corrected chi connectivity index (χ0v) is 17.6. The maximum atomic E-state index is 12.6. The lowest BCUT2D eigenvalue weighted by atomic mass is 9.83. The van der Waals surface area contributed by atoms with Crippen LogP contribution in [0.4, 0.5) is 5.69 Å². The number of ether oxygens (including phenoxy) is 1. The Balaban J connectivity index is 1.49. The smallest absolute Gasteiger partial charge is 0.378 e. The highest BCUT2D eigenvalue weighted by atomic mass is 16.5. The Morgan fingerprint density at radius 2 is 1.90 bits per heavy atom. The minimum absolute atomic E-state index is 0.123. The van der Waals surface area contributed by atoms with Crippen LogP contribution in [0.2, 0.25) is 0 Å². The van der Waals surface area contributed by atoms with Gasteiger partial charge in [-0.3, -0.25) is 4.79 Å². The topological polar surface area (TPSA) is 89.7 Å². The van der Waals surface area contributed by atoms with Crippen LogP contribution in [0, 0.1) is 13.8 Å². The van der Waals surface area contributed by atoms with Crippen LogP contribution in [0.1, 0.15) is 41.4 Å². The van der Waals surface area contributed by atoms with Crippen molar-refractivity contribution in [3.05, 3.63) is 64.9 Å². The lowest BCUT2D eigenvalue weighted by Crippen LogP contribution is -2.25. The molecule has 1 aliphatic heterocycles. The maximum absolute atomic E-state index is 12.6. The van der Waals surface area contributed by atoms with E-state index in [0.29, 0.717) is 5.78 Å². The van der Waals surface area contributed by atoms with Crippen molar-refractivity contribution in [3.8, 4) is 0 Å². The third-order valence-electron chi connectivity index (χ3n) is 5.38. The molecule has 1 aromatic carbocycles. The molecule has 0 bridgehead atoms. The van der Waals surface area contributed by atoms with Crippen LogP contribution in [-0.2, 0) is 14.9 Å². The standard InChI is InChI=1S/C22H23N5O3/c1-13-10-14(2)27-21(23-13)24-19(25-27)20(29)30-12-15(28)11-18-22(3,4)16-8-6-7-9-17(16)26(18)5/h6-11H,12H2,1-5H3/b18-11-. The van der Waals surface area contributed by atoms with E-state index < -0.39 is 5.97 Å². The fraction of sp³-hybridized carbons (Fsp3) is 0.318. The Morgan fingerprint density at radius 1 is 1.17 bits per heavy atom. The molecule has 0 unspecified atom stereocenters. The first-order valence-electron chi connectivity index (χ1n) is 9.65. The van der Waals surface area contributed by atoms with E-state index in [2.05, 4.69) is 35.0 Å². The van der Waals surface area contributed by atoms with E-state index in [9.17, 15) is 9.59 Å². The molecule has 2 aromatic heterocycles. The number of aryl methyl sites for hydroxylation is 2. The number of fused-ring (bicyclic) bond motifs is 2. The zero-order chi connectivity index (χ0) is 21.6. The molecule has 0 amide bonds. The van der Waals surface area contributed by atoms with Gasteiger partial charge in [0.15, 0.2) is 12.4 Å². The molecule has 0 saturated heterocycles. The first-order chi connectivity index (χ1) is 14.2. The molecule has 0 aliphatic carbocycles. The number of hydrogen-bond donors (Lipinski definition) is 0. The van der Waals surface area contributed by atoms with Crippen LogP contribution in [0.15, 0.2) is 42.1 Å². The Morgan fingerprint density at radius 3 is 2.63 bits per heavy atom. The fourth-order valence-corrected chi connectivity index (χ4v) is 3.91. The molecular formula is C22H23N5O3. The Bertz CT molecular complexity index is 1210. The van der Waals surface area contributed by atoms with Gasteiger partial charge < -0.3 is 9.64 Å². The quantitative estimate of drug-likeness (QED) is 0.487. The van der Waals surface area contributed by atoms with Crippen LogP contribution < -0.4 is 4.90 Å². The van der Waals surface area contributed by atoms with Gasteiger partial charge in [0, 0.05) is 41.3 Å². The van der Waals surface area contributed by atoms with E-state index in [0.717, 1.165) is 28.3 Å². The fourth-order valence-electron chi connectivity index (χ4n) is 3.91. The molecule has 0 radical (unpaired) electrons. The molecule has 8 heteroatoms. The molecule has 0 saturated carbocycles. The molecule has 0 fully saturated rings. The van der Waals surface area contributed by atoms with Gasteiger partial charge in [-0.1, -0.05) is 32.0 Å². The largest absolute Gasteiger partial charge is 0.451 e. The predicted octanol–water partition coefficient (Wildman–Crippen LogP) is 2.78. The second-order valence-corrected chi connectivity index (χ2v) is 7.96. The van der Waals surface area contributed by atoms with Gasteiger partial charge in [-0.25, -0.2) is 14.3 Å². The molecule has 3 heterocycles. The molecule has 0 atom stereocenters. The number of ketones is 1. The molecule has 4 rings (SSSR count). The first kappa shape index (κ1) is 19.8. The average molecular weight is 405 g/mol. The Labute approximate surface area is 174 Å². The second kappa shape index (κ2) is 7.05. The summed E-state index contributed by atoms with van der Waals surface area (Å²) in [6.07, 6.45) is 1.54. The number of esters is 1. The number of anilines is 1. The highest BCUT2D eigenvalue weighted by molar-refractivity contribution is 5.95. The van der Waals surface area contributed by atoms with Crippen molar-refractivity contribution in [2.24, 2.45) is 0 Å². The summed E-state index contributed by atoms with van der Waals surface area (Å²) in [6.45, 7) is 7.44. The Hall–Kier alpha value is -3.55. The van der Waals surface area contributed by atoms with E-state index in [1.165, 1.54) is 4.52 Å². The monoisotopic (exact) mass is 405 g/mol. The van der Waals surface area contributed by atoms with Crippen molar-refractivity contribution >= 4 is 23.2 Å². The van der Waals surface area contributed by atoms with E-state index in [1.807, 2.05) is 50.1 Å². The number of rotatable bonds is 4. The number of allylic oxidation sites excluding steroid dienone is 1. The first-order valence-corrected chi connectivity index (χ1v) is 9.65. The van der Waals surface area contributed by atoms with Crippen LogP contribution in [0.5, 0.6) is 0 Å². The Kier molecular flexibility index (Phi) is 4.64. The molecule has 3 aromatic rings. The number of likely N-dealkylation sites (N-methyl/N-ethyl adjacent to an activating group) is 1. The molecule has 1 aliphatic rings. The number of nitrogens with zero attached hydrogens (tertiary/aromatic N) is 5. The van der Waals surface area contributed by atoms with E-state index in [4.69, 9.17) is 4.74 Å². The molecule has 0 spiro atoms. The summed E-state index contributed by atoms with van der Waals surface area (Å²) in [5.74, 6) is -0.867. The highest BCUT2D eigenvalue weighted by Crippen LogP contribution is 2.46. The molecule has 0 N–H and O–H groups in total. The van der Waals surface area contributed by atoms with Gasteiger partial charge in [0.05, 0.1) is 0 Å². The normalized spacial score (nSPS) is 16.2. The van der Waals surface area contributed by atoms with Crippen molar-refractivity contribution in [2.45, 2.75) is 33.1 Å². The van der Waals surface area contributed by atoms with E-state index >= 15 is 0 Å². The van der Waals surface area contributed by atoms with Crippen LogP contribution in [0.3, 0.4) is 0 Å². The number of hydrogen-bond acceptors (Lipinski definition) is 7. The van der Waals surface area contributed by atoms with Crippen LogP contribution >= 0.6 is 0 Å². The summed E-state index contributed by atoms with van der Waals surface area (Å²) >= 11 is 0. The highest BCUT2D eigenvalue weighted by Gasteiger charge is 2.38. The average Bonchev–Trinajstić information content (AvgIpc) is 3.20. The number of para-hydroxylation sites is 1. The minimum atomic E-state index is -0.758. The number of carbonyl (C=O) groups excluding carboxylic acids is 2. The van der Waals surface area contributed by atoms with E-state index in [1.54, 1.807) is 6.08 Å². The lowest BCUT2D eigenvalue weighted by Gasteiger charge is -2.23. The van der Waals surface area contributed by atoms with E-state index in [-0.39, 0.29) is 23.6 Å². The minimum Gasteiger partial charge on any atom is -0.451 e. The summed E-state index contributed by atoms with van der Waals surface area (Å²) < 4.78 is 6.64. The lowest BCUT2D eigenvalue weighted by molar-refractivity contribution is -0.117. The number of benzene rings is 1. The summed E-state index contributed by atoms with van der Waals surface area (Å²) in [6, 6.07) is 9.88. The van der Waals surface area contributed by atoms with Crippen LogP contribution in [0.25, 0.3) is 5.78 Å². The third-order valence-corrected chi connectivity index (χ3v) is 5.38. The number of aromatic nitrogens is 4. The van der Waals surface area contributed by atoms with Gasteiger partial charge in [-0.15, -0.1) is 5.10 Å². The third kappa shape index (κ3) is 3.24. The SMILES string of the molecule is Cc1cc(C)n2nc(C(=O)OCC(=O)/C=C3\N(C)c4ccccc4C3(C)C)nc2n1. The van der Waals surface area contributed by atoms with Crippen LogP contribution in [-0.4, -0.2) is 45.0 Å².